The third-order valence-corrected chi connectivity index (χ3v) is 3.61. The highest BCUT2D eigenvalue weighted by Gasteiger charge is 2.14. The lowest BCUT2D eigenvalue weighted by molar-refractivity contribution is 0.421. The molecule has 0 saturated carbocycles. The van der Waals surface area contributed by atoms with Gasteiger partial charge < -0.3 is 10.3 Å². The van der Waals surface area contributed by atoms with Gasteiger partial charge in [0, 0.05) is 24.5 Å². The van der Waals surface area contributed by atoms with Crippen LogP contribution < -0.4 is 5.32 Å². The number of hydrogen-bond donors (Lipinski definition) is 2. The molecule has 0 aliphatic carbocycles. The minimum Gasteiger partial charge on any atom is -0.339 e. The van der Waals surface area contributed by atoms with Crippen LogP contribution in [0.4, 0.5) is 4.39 Å². The van der Waals surface area contributed by atoms with Crippen molar-refractivity contribution in [2.45, 2.75) is 42.9 Å². The van der Waals surface area contributed by atoms with Crippen LogP contribution in [0.1, 0.15) is 26.3 Å². The normalized spacial score (nSPS) is 11.8. The molecule has 2 rings (SSSR count). The van der Waals surface area contributed by atoms with Crippen LogP contribution in [0.15, 0.2) is 40.6 Å². The Hall–Kier alpha value is -1.33. The van der Waals surface area contributed by atoms with Gasteiger partial charge in [0.15, 0.2) is 5.16 Å². The molecular weight excluding hydrogens is 261 g/mol. The lowest BCUT2D eigenvalue weighted by atomic mass is 10.1. The fourth-order valence-electron chi connectivity index (χ4n) is 1.57. The number of nitrogens with zero attached hydrogens (tertiary/aromatic N) is 1. The van der Waals surface area contributed by atoms with Crippen LogP contribution in [-0.4, -0.2) is 15.5 Å². The largest absolute Gasteiger partial charge is 0.339 e. The van der Waals surface area contributed by atoms with E-state index in [2.05, 4.69) is 36.1 Å². The SMILES string of the molecule is CC(C)(C)NCc1cccc(F)c1Sc1ncc[nH]1. The molecule has 0 fully saturated rings. The maximum absolute atomic E-state index is 14.0. The van der Waals surface area contributed by atoms with Gasteiger partial charge in [0.25, 0.3) is 0 Å². The van der Waals surface area contributed by atoms with E-state index in [4.69, 9.17) is 0 Å². The lowest BCUT2D eigenvalue weighted by Crippen LogP contribution is -2.35. The quantitative estimate of drug-likeness (QED) is 0.898. The van der Waals surface area contributed by atoms with Crippen molar-refractivity contribution < 1.29 is 4.39 Å². The maximum Gasteiger partial charge on any atom is 0.170 e. The molecule has 2 N–H and O–H groups in total. The lowest BCUT2D eigenvalue weighted by Gasteiger charge is -2.21. The zero-order chi connectivity index (χ0) is 13.9. The molecular formula is C14H18FN3S. The van der Waals surface area contributed by atoms with Crippen molar-refractivity contribution in [3.63, 3.8) is 0 Å². The fraction of sp³-hybridized carbons (Fsp3) is 0.357. The van der Waals surface area contributed by atoms with Gasteiger partial charge in [0.2, 0.25) is 0 Å². The van der Waals surface area contributed by atoms with Crippen LogP contribution in [0, 0.1) is 5.82 Å². The van der Waals surface area contributed by atoms with Gasteiger partial charge in [-0.1, -0.05) is 12.1 Å². The smallest absolute Gasteiger partial charge is 0.170 e. The van der Waals surface area contributed by atoms with Gasteiger partial charge in [-0.25, -0.2) is 9.37 Å². The second-order valence-electron chi connectivity index (χ2n) is 5.33. The molecule has 0 aliphatic rings. The minimum absolute atomic E-state index is 0.00106. The zero-order valence-electron chi connectivity index (χ0n) is 11.3. The molecule has 0 bridgehead atoms. The van der Waals surface area contributed by atoms with Crippen LogP contribution in [0.5, 0.6) is 0 Å². The summed E-state index contributed by atoms with van der Waals surface area (Å²) in [4.78, 5) is 7.72. The Balaban J connectivity index is 2.21. The summed E-state index contributed by atoms with van der Waals surface area (Å²) in [5, 5.41) is 4.07. The number of rotatable bonds is 4. The van der Waals surface area contributed by atoms with E-state index in [0.717, 1.165) is 5.56 Å². The molecule has 0 amide bonds. The van der Waals surface area contributed by atoms with Crippen molar-refractivity contribution in [1.82, 2.24) is 15.3 Å². The topological polar surface area (TPSA) is 40.7 Å². The van der Waals surface area contributed by atoms with Crippen LogP contribution >= 0.6 is 11.8 Å². The Morgan fingerprint density at radius 2 is 2.16 bits per heavy atom. The predicted molar refractivity (Wildman–Crippen MR) is 75.7 cm³/mol. The number of nitrogens with one attached hydrogen (secondary N) is 2. The Labute approximate surface area is 117 Å². The van der Waals surface area contributed by atoms with Gasteiger partial charge in [0.05, 0.1) is 4.90 Å². The molecule has 2 aromatic rings. The van der Waals surface area contributed by atoms with Crippen molar-refractivity contribution in [3.8, 4) is 0 Å². The second-order valence-corrected chi connectivity index (χ2v) is 6.33. The number of benzene rings is 1. The van der Waals surface area contributed by atoms with Crippen molar-refractivity contribution in [1.29, 1.82) is 0 Å². The second kappa shape index (κ2) is 5.75. The molecule has 19 heavy (non-hydrogen) atoms. The summed E-state index contributed by atoms with van der Waals surface area (Å²) in [7, 11) is 0. The average Bonchev–Trinajstić information content (AvgIpc) is 2.82. The first-order valence-corrected chi connectivity index (χ1v) is 6.97. The summed E-state index contributed by atoms with van der Waals surface area (Å²) >= 11 is 1.32. The Morgan fingerprint density at radius 1 is 1.37 bits per heavy atom. The van der Waals surface area contributed by atoms with Crippen molar-refractivity contribution in [3.05, 3.63) is 42.0 Å². The number of imidazole rings is 1. The van der Waals surface area contributed by atoms with Crippen LogP contribution in [0.2, 0.25) is 0 Å². The van der Waals surface area contributed by atoms with Gasteiger partial charge >= 0.3 is 0 Å². The first-order valence-electron chi connectivity index (χ1n) is 6.15. The van der Waals surface area contributed by atoms with E-state index in [0.29, 0.717) is 16.6 Å². The van der Waals surface area contributed by atoms with Crippen molar-refractivity contribution in [2.75, 3.05) is 0 Å². The molecule has 0 unspecified atom stereocenters. The third kappa shape index (κ3) is 4.08. The van der Waals surface area contributed by atoms with Crippen molar-refractivity contribution >= 4 is 11.8 Å². The molecule has 0 spiro atoms. The minimum atomic E-state index is -0.213. The monoisotopic (exact) mass is 279 g/mol. The molecule has 3 nitrogen and oxygen atoms in total. The Morgan fingerprint density at radius 3 is 2.79 bits per heavy atom. The van der Waals surface area contributed by atoms with Crippen LogP contribution in [0.3, 0.4) is 0 Å². The highest BCUT2D eigenvalue weighted by atomic mass is 32.2. The van der Waals surface area contributed by atoms with Crippen LogP contribution in [0.25, 0.3) is 0 Å². The summed E-state index contributed by atoms with van der Waals surface area (Å²) in [6.07, 6.45) is 3.40. The number of aromatic nitrogens is 2. The predicted octanol–water partition coefficient (Wildman–Crippen LogP) is 3.59. The van der Waals surface area contributed by atoms with Gasteiger partial charge in [-0.15, -0.1) is 0 Å². The first kappa shape index (κ1) is 14.1. The summed E-state index contributed by atoms with van der Waals surface area (Å²) in [6, 6.07) is 5.15. The third-order valence-electron chi connectivity index (χ3n) is 2.53. The van der Waals surface area contributed by atoms with Gasteiger partial charge in [-0.2, -0.15) is 0 Å². The molecule has 1 heterocycles. The summed E-state index contributed by atoms with van der Waals surface area (Å²) in [6.45, 7) is 6.90. The molecule has 1 aromatic heterocycles. The van der Waals surface area contributed by atoms with E-state index in [1.807, 2.05) is 6.07 Å². The molecule has 102 valence electrons. The molecule has 0 atom stereocenters. The molecule has 0 saturated heterocycles. The van der Waals surface area contributed by atoms with E-state index >= 15 is 0 Å². The van der Waals surface area contributed by atoms with Gasteiger partial charge in [0.1, 0.15) is 5.82 Å². The zero-order valence-corrected chi connectivity index (χ0v) is 12.1. The summed E-state index contributed by atoms with van der Waals surface area (Å²) in [5.41, 5.74) is 0.940. The van der Waals surface area contributed by atoms with E-state index < -0.39 is 0 Å². The summed E-state index contributed by atoms with van der Waals surface area (Å²) < 4.78 is 14.0. The standard InChI is InChI=1S/C14H18FN3S/c1-14(2,3)18-9-10-5-4-6-11(15)12(10)19-13-16-7-8-17-13/h4-8,18H,9H2,1-3H3,(H,16,17). The average molecular weight is 279 g/mol. The van der Waals surface area contributed by atoms with E-state index in [9.17, 15) is 4.39 Å². The summed E-state index contributed by atoms with van der Waals surface area (Å²) in [5.74, 6) is -0.213. The first-order chi connectivity index (χ1) is 8.96. The highest BCUT2D eigenvalue weighted by molar-refractivity contribution is 7.99. The number of hydrogen-bond acceptors (Lipinski definition) is 3. The van der Waals surface area contributed by atoms with E-state index in [1.54, 1.807) is 18.5 Å². The van der Waals surface area contributed by atoms with E-state index in [1.165, 1.54) is 17.8 Å². The molecule has 0 radical (unpaired) electrons. The fourth-order valence-corrected chi connectivity index (χ4v) is 2.44. The van der Waals surface area contributed by atoms with Crippen molar-refractivity contribution in [2.24, 2.45) is 0 Å². The molecule has 1 aromatic carbocycles. The van der Waals surface area contributed by atoms with Crippen LogP contribution in [-0.2, 0) is 6.54 Å². The molecule has 5 heteroatoms. The van der Waals surface area contributed by atoms with Gasteiger partial charge in [-0.3, -0.25) is 0 Å². The Bertz CT molecular complexity index is 532. The maximum atomic E-state index is 14.0. The van der Waals surface area contributed by atoms with Gasteiger partial charge in [-0.05, 0) is 44.2 Å². The Kier molecular flexibility index (Phi) is 4.27. The number of aromatic amines is 1. The highest BCUT2D eigenvalue weighted by Crippen LogP contribution is 2.30. The van der Waals surface area contributed by atoms with E-state index in [-0.39, 0.29) is 11.4 Å². The molecule has 0 aliphatic heterocycles. The number of halogens is 1. The number of H-pyrrole nitrogens is 1.